The molecule has 48 heavy (non-hydrogen) atoms. The van der Waals surface area contributed by atoms with Crippen LogP contribution in [0.15, 0.2) is 52.9 Å². The van der Waals surface area contributed by atoms with Crippen LogP contribution in [0.2, 0.25) is 5.02 Å². The number of rotatable bonds is 8. The van der Waals surface area contributed by atoms with Crippen molar-refractivity contribution in [2.45, 2.75) is 71.9 Å². The van der Waals surface area contributed by atoms with Crippen molar-refractivity contribution in [2.75, 3.05) is 13.7 Å². The molecule has 0 saturated heterocycles. The normalized spacial score (nSPS) is 19.2. The molecule has 5 rings (SSSR count). The Balaban J connectivity index is 1.69. The molecule has 1 aliphatic heterocycles. The van der Waals surface area contributed by atoms with E-state index in [-0.39, 0.29) is 53.9 Å². The summed E-state index contributed by atoms with van der Waals surface area (Å²) in [6.45, 7) is 7.86. The SMILES string of the molecule is COc1cc(C2C3=C(CC(C)(C)CC3=O)N(CCC(=O)O)C3=C2C(=O)CC(C)(C)C3)cc(Cl)c1Oc1ccc(C(F)(F)F)cc1[N+](=O)[O-]. The van der Waals surface area contributed by atoms with E-state index in [1.807, 2.05) is 32.6 Å². The second-order valence-corrected chi connectivity index (χ2v) is 14.3. The highest BCUT2D eigenvalue weighted by atomic mass is 35.5. The van der Waals surface area contributed by atoms with Crippen LogP contribution in [0, 0.1) is 20.9 Å². The van der Waals surface area contributed by atoms with Crippen LogP contribution in [-0.4, -0.2) is 46.1 Å². The molecule has 0 unspecified atom stereocenters. The minimum Gasteiger partial charge on any atom is -0.493 e. The minimum absolute atomic E-state index is 0.0449. The maximum atomic E-state index is 14.0. The number of ketones is 2. The monoisotopic (exact) mass is 690 g/mol. The molecule has 0 bridgehead atoms. The fourth-order valence-electron chi connectivity index (χ4n) is 6.90. The second-order valence-electron chi connectivity index (χ2n) is 13.9. The quantitative estimate of drug-likeness (QED) is 0.215. The zero-order valence-electron chi connectivity index (χ0n) is 26.9. The largest absolute Gasteiger partial charge is 0.493 e. The van der Waals surface area contributed by atoms with Crippen molar-refractivity contribution in [3.8, 4) is 17.2 Å². The number of Topliss-reactive ketones (excluding diaryl/α,β-unsaturated/α-hetero) is 2. The summed E-state index contributed by atoms with van der Waals surface area (Å²) < 4.78 is 51.1. The van der Waals surface area contributed by atoms with Gasteiger partial charge in [0.15, 0.2) is 23.1 Å². The maximum Gasteiger partial charge on any atom is 0.416 e. The Hall–Kier alpha value is -4.39. The molecule has 0 atom stereocenters. The number of hydrogen-bond acceptors (Lipinski definition) is 8. The molecule has 0 aromatic heterocycles. The van der Waals surface area contributed by atoms with Gasteiger partial charge in [-0.05, 0) is 53.5 Å². The van der Waals surface area contributed by atoms with E-state index in [1.165, 1.54) is 19.2 Å². The van der Waals surface area contributed by atoms with Gasteiger partial charge < -0.3 is 19.5 Å². The number of halogens is 4. The number of methoxy groups -OCH3 is 1. The van der Waals surface area contributed by atoms with E-state index in [4.69, 9.17) is 21.1 Å². The van der Waals surface area contributed by atoms with Crippen LogP contribution in [0.5, 0.6) is 17.2 Å². The molecule has 0 fully saturated rings. The number of carbonyl (C=O) groups is 3. The lowest BCUT2D eigenvalue weighted by Gasteiger charge is -2.49. The number of alkyl halides is 3. The third kappa shape index (κ3) is 6.65. The van der Waals surface area contributed by atoms with Gasteiger partial charge in [-0.25, -0.2) is 0 Å². The van der Waals surface area contributed by atoms with Crippen LogP contribution in [0.4, 0.5) is 18.9 Å². The number of allylic oxidation sites excluding steroid dienone is 4. The van der Waals surface area contributed by atoms with Crippen molar-refractivity contribution in [2.24, 2.45) is 10.8 Å². The highest BCUT2D eigenvalue weighted by Crippen LogP contribution is 2.56. The predicted octanol–water partition coefficient (Wildman–Crippen LogP) is 8.23. The lowest BCUT2D eigenvalue weighted by atomic mass is 9.63. The number of carboxylic acid groups (broad SMARTS) is 1. The third-order valence-corrected chi connectivity index (χ3v) is 9.13. The van der Waals surface area contributed by atoms with Gasteiger partial charge in [-0.2, -0.15) is 13.2 Å². The molecule has 0 saturated carbocycles. The highest BCUT2D eigenvalue weighted by molar-refractivity contribution is 6.32. The van der Waals surface area contributed by atoms with Gasteiger partial charge in [0, 0.05) is 53.9 Å². The summed E-state index contributed by atoms with van der Waals surface area (Å²) in [5.74, 6) is -3.10. The van der Waals surface area contributed by atoms with E-state index in [9.17, 15) is 42.8 Å². The zero-order valence-corrected chi connectivity index (χ0v) is 27.7. The van der Waals surface area contributed by atoms with Crippen molar-refractivity contribution >= 4 is 34.8 Å². The number of nitro benzene ring substituents is 1. The Kier molecular flexibility index (Phi) is 8.91. The van der Waals surface area contributed by atoms with Crippen molar-refractivity contribution in [3.05, 3.63) is 79.1 Å². The molecule has 3 aliphatic rings. The minimum atomic E-state index is -4.83. The predicted molar refractivity (Wildman–Crippen MR) is 168 cm³/mol. The molecule has 2 aromatic rings. The van der Waals surface area contributed by atoms with Gasteiger partial charge in [-0.1, -0.05) is 39.3 Å². The average molecular weight is 691 g/mol. The van der Waals surface area contributed by atoms with E-state index in [2.05, 4.69) is 0 Å². The number of ether oxygens (including phenoxy) is 2. The van der Waals surface area contributed by atoms with Gasteiger partial charge in [0.25, 0.3) is 0 Å². The molecule has 0 amide bonds. The summed E-state index contributed by atoms with van der Waals surface area (Å²) in [7, 11) is 1.27. The van der Waals surface area contributed by atoms with E-state index in [0.29, 0.717) is 53.1 Å². The third-order valence-electron chi connectivity index (χ3n) is 8.85. The molecule has 1 N–H and O–H groups in total. The highest BCUT2D eigenvalue weighted by Gasteiger charge is 2.49. The summed E-state index contributed by atoms with van der Waals surface area (Å²) in [4.78, 5) is 52.2. The van der Waals surface area contributed by atoms with Crippen molar-refractivity contribution < 1.29 is 47.1 Å². The average Bonchev–Trinajstić information content (AvgIpc) is 2.94. The van der Waals surface area contributed by atoms with E-state index < -0.39 is 50.8 Å². The number of nitrogens with zero attached hydrogens (tertiary/aromatic N) is 2. The molecule has 0 spiro atoms. The van der Waals surface area contributed by atoms with Gasteiger partial charge >= 0.3 is 17.8 Å². The van der Waals surface area contributed by atoms with Crippen molar-refractivity contribution in [1.82, 2.24) is 4.90 Å². The summed E-state index contributed by atoms with van der Waals surface area (Å²) in [5, 5.41) is 21.1. The number of aliphatic carboxylic acids is 1. The van der Waals surface area contributed by atoms with Gasteiger partial charge in [-0.15, -0.1) is 0 Å². The molecule has 2 aromatic carbocycles. The number of carboxylic acids is 1. The lowest BCUT2D eigenvalue weighted by molar-refractivity contribution is -0.385. The Morgan fingerprint density at radius 1 is 1.00 bits per heavy atom. The number of benzene rings is 2. The Morgan fingerprint density at radius 2 is 1.56 bits per heavy atom. The first kappa shape index (κ1) is 34.9. The Bertz CT molecular complexity index is 1760. The van der Waals surface area contributed by atoms with Crippen molar-refractivity contribution in [1.29, 1.82) is 0 Å². The molecule has 14 heteroatoms. The molecule has 1 heterocycles. The van der Waals surface area contributed by atoms with Gasteiger partial charge in [0.05, 0.1) is 29.0 Å². The van der Waals surface area contributed by atoms with Gasteiger partial charge in [0.2, 0.25) is 5.75 Å². The molecular weight excluding hydrogens is 657 g/mol. The van der Waals surface area contributed by atoms with Crippen LogP contribution in [-0.2, 0) is 20.6 Å². The summed E-state index contributed by atoms with van der Waals surface area (Å²) in [6.07, 6.45) is -3.80. The zero-order chi connectivity index (χ0) is 35.5. The lowest BCUT2D eigenvalue weighted by Crippen LogP contribution is -2.45. The van der Waals surface area contributed by atoms with Gasteiger partial charge in [-0.3, -0.25) is 24.5 Å². The first-order valence-corrected chi connectivity index (χ1v) is 15.5. The topological polar surface area (TPSA) is 136 Å². The first-order chi connectivity index (χ1) is 22.2. The summed E-state index contributed by atoms with van der Waals surface area (Å²) in [6, 6.07) is 4.75. The van der Waals surface area contributed by atoms with E-state index in [1.54, 1.807) is 0 Å². The van der Waals surface area contributed by atoms with Crippen LogP contribution < -0.4 is 9.47 Å². The first-order valence-electron chi connectivity index (χ1n) is 15.2. The molecule has 256 valence electrons. The smallest absolute Gasteiger partial charge is 0.416 e. The van der Waals surface area contributed by atoms with E-state index in [0.717, 1.165) is 6.07 Å². The van der Waals surface area contributed by atoms with Crippen LogP contribution in [0.25, 0.3) is 0 Å². The number of hydrogen-bond donors (Lipinski definition) is 1. The number of carbonyl (C=O) groups excluding carboxylic acids is 2. The van der Waals surface area contributed by atoms with Crippen LogP contribution in [0.1, 0.15) is 76.8 Å². The number of nitro groups is 1. The standard InChI is InChI=1S/C34H34ClF3N2O8/c1-32(2)13-21-29(23(41)15-32)28(30-22(39(21)9-8-27(43)44)14-33(3,4)16-24(30)42)17-10-19(35)31(26(11-17)47-5)48-25-7-6-18(34(36,37)38)12-20(25)40(45)46/h6-7,10-12,28H,8-9,13-16H2,1-5H3,(H,43,44). The van der Waals surface area contributed by atoms with Crippen molar-refractivity contribution in [3.63, 3.8) is 0 Å². The molecule has 10 nitrogen and oxygen atoms in total. The van der Waals surface area contributed by atoms with Gasteiger partial charge in [0.1, 0.15) is 0 Å². The molecule has 0 radical (unpaired) electrons. The fourth-order valence-corrected chi connectivity index (χ4v) is 7.15. The Morgan fingerprint density at radius 3 is 2.04 bits per heavy atom. The van der Waals surface area contributed by atoms with Crippen LogP contribution >= 0.6 is 11.6 Å². The van der Waals surface area contributed by atoms with Crippen LogP contribution in [0.3, 0.4) is 0 Å². The second kappa shape index (κ2) is 12.2. The maximum absolute atomic E-state index is 14.0. The summed E-state index contributed by atoms with van der Waals surface area (Å²) in [5.41, 5.74) is -0.687. The molecular formula is C34H34ClF3N2O8. The molecule has 2 aliphatic carbocycles. The fraction of sp³-hybridized carbons (Fsp3) is 0.441. The van der Waals surface area contributed by atoms with E-state index >= 15 is 0 Å². The summed E-state index contributed by atoms with van der Waals surface area (Å²) >= 11 is 6.71. The Labute approximate surface area is 279 Å².